The van der Waals surface area contributed by atoms with E-state index < -0.39 is 0 Å². The van der Waals surface area contributed by atoms with Crippen molar-refractivity contribution in [2.24, 2.45) is 11.7 Å². The zero-order valence-corrected chi connectivity index (χ0v) is 13.0. The first kappa shape index (κ1) is 16.0. The number of benzene rings is 1. The average Bonchev–Trinajstić information content (AvgIpc) is 2.41. The summed E-state index contributed by atoms with van der Waals surface area (Å²) >= 11 is 0. The Morgan fingerprint density at radius 2 is 1.95 bits per heavy atom. The first-order chi connectivity index (χ1) is 9.01. The predicted octanol–water partition coefficient (Wildman–Crippen LogP) is 2.35. The second kappa shape index (κ2) is 7.51. The molecule has 1 aromatic carbocycles. The molecule has 0 amide bonds. The average molecular weight is 264 g/mol. The molecule has 3 heteroatoms. The molecule has 0 aliphatic carbocycles. The van der Waals surface area contributed by atoms with Crippen molar-refractivity contribution in [3.8, 4) is 5.75 Å². The molecule has 3 nitrogen and oxygen atoms in total. The van der Waals surface area contributed by atoms with Crippen molar-refractivity contribution in [1.82, 2.24) is 5.32 Å². The lowest BCUT2D eigenvalue weighted by atomic mass is 9.95. The van der Waals surface area contributed by atoms with Gasteiger partial charge >= 0.3 is 0 Å². The summed E-state index contributed by atoms with van der Waals surface area (Å²) in [6.07, 6.45) is 1.06. The van der Waals surface area contributed by atoms with Gasteiger partial charge < -0.3 is 15.8 Å². The minimum absolute atomic E-state index is 0.541. The monoisotopic (exact) mass is 264 g/mol. The van der Waals surface area contributed by atoms with E-state index in [4.69, 9.17) is 10.5 Å². The highest BCUT2D eigenvalue weighted by molar-refractivity contribution is 5.48. The Balaban J connectivity index is 2.66. The van der Waals surface area contributed by atoms with Crippen LogP contribution in [0.3, 0.4) is 0 Å². The Labute approximate surface area is 117 Å². The zero-order valence-electron chi connectivity index (χ0n) is 13.0. The number of rotatable bonds is 7. The Morgan fingerprint density at radius 1 is 1.26 bits per heavy atom. The number of hydrogen-bond donors (Lipinski definition) is 2. The quantitative estimate of drug-likeness (QED) is 0.743. The van der Waals surface area contributed by atoms with Crippen molar-refractivity contribution in [1.29, 1.82) is 0 Å². The van der Waals surface area contributed by atoms with Gasteiger partial charge in [0.2, 0.25) is 0 Å². The van der Waals surface area contributed by atoms with Gasteiger partial charge in [0.1, 0.15) is 5.75 Å². The third-order valence-electron chi connectivity index (χ3n) is 3.88. The molecule has 0 aliphatic rings. The molecular formula is C16H28N2O. The Kier molecular flexibility index (Phi) is 6.32. The van der Waals surface area contributed by atoms with E-state index in [0.717, 1.165) is 31.8 Å². The summed E-state index contributed by atoms with van der Waals surface area (Å²) < 4.78 is 5.40. The minimum Gasteiger partial charge on any atom is -0.496 e. The molecule has 0 aliphatic heterocycles. The molecule has 1 aromatic rings. The van der Waals surface area contributed by atoms with Crippen molar-refractivity contribution < 1.29 is 4.74 Å². The van der Waals surface area contributed by atoms with Gasteiger partial charge in [-0.15, -0.1) is 0 Å². The number of ether oxygens (including phenoxy) is 1. The molecule has 0 bridgehead atoms. The van der Waals surface area contributed by atoms with Gasteiger partial charge in [0.15, 0.2) is 0 Å². The van der Waals surface area contributed by atoms with Gasteiger partial charge in [0, 0.05) is 0 Å². The van der Waals surface area contributed by atoms with Gasteiger partial charge in [0.25, 0.3) is 0 Å². The van der Waals surface area contributed by atoms with Gasteiger partial charge in [-0.1, -0.05) is 6.92 Å². The van der Waals surface area contributed by atoms with E-state index in [1.165, 1.54) is 22.3 Å². The Morgan fingerprint density at radius 3 is 2.53 bits per heavy atom. The SMILES string of the molecule is COc1cc(C)c(CCNCC(C)CN)c(C)c1C. The maximum atomic E-state index is 5.61. The highest BCUT2D eigenvalue weighted by atomic mass is 16.5. The fraction of sp³-hybridized carbons (Fsp3) is 0.625. The standard InChI is InChI=1S/C16H28N2O/c1-11(9-17)10-18-7-6-15-12(2)8-16(19-5)14(4)13(15)3/h8,11,18H,6-7,9-10,17H2,1-5H3. The van der Waals surface area contributed by atoms with Crippen LogP contribution in [0.5, 0.6) is 5.75 Å². The van der Waals surface area contributed by atoms with Crippen LogP contribution in [0.15, 0.2) is 6.07 Å². The summed E-state index contributed by atoms with van der Waals surface area (Å²) in [5.41, 5.74) is 11.0. The summed E-state index contributed by atoms with van der Waals surface area (Å²) in [5.74, 6) is 1.53. The van der Waals surface area contributed by atoms with E-state index in [-0.39, 0.29) is 0 Å². The largest absolute Gasteiger partial charge is 0.496 e. The van der Waals surface area contributed by atoms with E-state index in [0.29, 0.717) is 5.92 Å². The molecular weight excluding hydrogens is 236 g/mol. The van der Waals surface area contributed by atoms with E-state index in [9.17, 15) is 0 Å². The minimum atomic E-state index is 0.541. The molecule has 3 N–H and O–H groups in total. The Hall–Kier alpha value is -1.06. The molecule has 0 saturated carbocycles. The van der Waals surface area contributed by atoms with Crippen LogP contribution < -0.4 is 15.8 Å². The van der Waals surface area contributed by atoms with Crippen molar-refractivity contribution in [2.45, 2.75) is 34.1 Å². The molecule has 0 saturated heterocycles. The lowest BCUT2D eigenvalue weighted by Crippen LogP contribution is -2.28. The second-order valence-electron chi connectivity index (χ2n) is 5.42. The number of methoxy groups -OCH3 is 1. The highest BCUT2D eigenvalue weighted by Gasteiger charge is 2.10. The Bertz CT molecular complexity index is 416. The molecule has 0 fully saturated rings. The van der Waals surface area contributed by atoms with Gasteiger partial charge in [-0.2, -0.15) is 0 Å². The van der Waals surface area contributed by atoms with Crippen molar-refractivity contribution in [2.75, 3.05) is 26.7 Å². The molecule has 0 spiro atoms. The maximum absolute atomic E-state index is 5.61. The molecule has 19 heavy (non-hydrogen) atoms. The summed E-state index contributed by atoms with van der Waals surface area (Å²) in [6.45, 7) is 11.4. The number of hydrogen-bond acceptors (Lipinski definition) is 3. The van der Waals surface area contributed by atoms with Crippen LogP contribution in [0.2, 0.25) is 0 Å². The van der Waals surface area contributed by atoms with Crippen molar-refractivity contribution in [3.63, 3.8) is 0 Å². The molecule has 1 atom stereocenters. The first-order valence-electron chi connectivity index (χ1n) is 7.05. The zero-order chi connectivity index (χ0) is 14.4. The van der Waals surface area contributed by atoms with E-state index in [2.05, 4.69) is 39.1 Å². The lowest BCUT2D eigenvalue weighted by Gasteiger charge is -2.17. The number of aryl methyl sites for hydroxylation is 1. The van der Waals surface area contributed by atoms with Crippen LogP contribution in [0, 0.1) is 26.7 Å². The molecule has 0 aromatic heterocycles. The summed E-state index contributed by atoms with van der Waals surface area (Å²) in [4.78, 5) is 0. The topological polar surface area (TPSA) is 47.3 Å². The van der Waals surface area contributed by atoms with E-state index >= 15 is 0 Å². The molecule has 0 heterocycles. The van der Waals surface area contributed by atoms with Crippen LogP contribution in [-0.4, -0.2) is 26.7 Å². The molecule has 1 rings (SSSR count). The second-order valence-corrected chi connectivity index (χ2v) is 5.42. The number of nitrogens with one attached hydrogen (secondary N) is 1. The van der Waals surface area contributed by atoms with Crippen molar-refractivity contribution >= 4 is 0 Å². The molecule has 0 radical (unpaired) electrons. The fourth-order valence-corrected chi connectivity index (χ4v) is 2.34. The van der Waals surface area contributed by atoms with Crippen LogP contribution in [-0.2, 0) is 6.42 Å². The van der Waals surface area contributed by atoms with Crippen LogP contribution in [0.25, 0.3) is 0 Å². The highest BCUT2D eigenvalue weighted by Crippen LogP contribution is 2.27. The fourth-order valence-electron chi connectivity index (χ4n) is 2.34. The molecule has 108 valence electrons. The summed E-state index contributed by atoms with van der Waals surface area (Å²) in [5, 5.41) is 3.48. The third-order valence-corrected chi connectivity index (χ3v) is 3.88. The summed E-state index contributed by atoms with van der Waals surface area (Å²) in [7, 11) is 1.73. The third kappa shape index (κ3) is 4.22. The van der Waals surface area contributed by atoms with Crippen LogP contribution >= 0.6 is 0 Å². The van der Waals surface area contributed by atoms with Crippen LogP contribution in [0.4, 0.5) is 0 Å². The van der Waals surface area contributed by atoms with Gasteiger partial charge in [0.05, 0.1) is 7.11 Å². The molecule has 1 unspecified atom stereocenters. The van der Waals surface area contributed by atoms with Crippen molar-refractivity contribution in [3.05, 3.63) is 28.3 Å². The van der Waals surface area contributed by atoms with Gasteiger partial charge in [-0.3, -0.25) is 0 Å². The summed E-state index contributed by atoms with van der Waals surface area (Å²) in [6, 6.07) is 2.14. The lowest BCUT2D eigenvalue weighted by molar-refractivity contribution is 0.410. The van der Waals surface area contributed by atoms with E-state index in [1.807, 2.05) is 0 Å². The smallest absolute Gasteiger partial charge is 0.122 e. The van der Waals surface area contributed by atoms with Gasteiger partial charge in [-0.25, -0.2) is 0 Å². The first-order valence-corrected chi connectivity index (χ1v) is 7.05. The maximum Gasteiger partial charge on any atom is 0.122 e. The number of nitrogens with two attached hydrogens (primary N) is 1. The predicted molar refractivity (Wildman–Crippen MR) is 82.0 cm³/mol. The van der Waals surface area contributed by atoms with Crippen LogP contribution in [0.1, 0.15) is 29.2 Å². The van der Waals surface area contributed by atoms with Gasteiger partial charge in [-0.05, 0) is 81.1 Å². The normalized spacial score (nSPS) is 12.5. The van der Waals surface area contributed by atoms with E-state index in [1.54, 1.807) is 7.11 Å².